The van der Waals surface area contributed by atoms with Gasteiger partial charge in [0.25, 0.3) is 0 Å². The van der Waals surface area contributed by atoms with E-state index in [0.717, 1.165) is 0 Å². The van der Waals surface area contributed by atoms with Crippen LogP contribution in [0.2, 0.25) is 0 Å². The van der Waals surface area contributed by atoms with Crippen LogP contribution in [0.5, 0.6) is 0 Å². The van der Waals surface area contributed by atoms with Crippen LogP contribution in [0.15, 0.2) is 48.5 Å². The highest BCUT2D eigenvalue weighted by Gasteiger charge is 1.97. The topological polar surface area (TPSA) is 26.0 Å². The maximum atomic E-state index is 5.48. The zero-order valence-electron chi connectivity index (χ0n) is 12.1. The Bertz CT molecular complexity index is 616. The normalized spacial score (nSPS) is 11.6. The number of hydrogen-bond acceptors (Lipinski definition) is 1. The van der Waals surface area contributed by atoms with Crippen molar-refractivity contribution in [3.63, 3.8) is 0 Å². The van der Waals surface area contributed by atoms with Gasteiger partial charge in [-0.2, -0.15) is 0 Å². The van der Waals surface area contributed by atoms with Crippen LogP contribution in [0.25, 0.3) is 18.2 Å². The molecule has 0 atom stereocenters. The van der Waals surface area contributed by atoms with Crippen molar-refractivity contribution in [2.45, 2.75) is 13.8 Å². The molecular weight excluding hydrogens is 242 g/mol. The summed E-state index contributed by atoms with van der Waals surface area (Å²) < 4.78 is 0. The maximum absolute atomic E-state index is 5.48. The van der Waals surface area contributed by atoms with Crippen molar-refractivity contribution in [3.05, 3.63) is 76.4 Å². The fourth-order valence-electron chi connectivity index (χ4n) is 2.24. The van der Waals surface area contributed by atoms with Crippen LogP contribution < -0.4 is 5.73 Å². The van der Waals surface area contributed by atoms with E-state index in [2.05, 4.69) is 74.5 Å². The molecule has 1 nitrogen and oxygen atoms in total. The third-order valence-electron chi connectivity index (χ3n) is 3.34. The number of nitrogens with two attached hydrogens (primary N) is 1. The molecule has 2 N–H and O–H groups in total. The van der Waals surface area contributed by atoms with Crippen LogP contribution in [0.4, 0.5) is 0 Å². The van der Waals surface area contributed by atoms with Crippen LogP contribution in [0.3, 0.4) is 0 Å². The molecule has 0 aliphatic heterocycles. The minimum Gasteiger partial charge on any atom is -0.327 e. The zero-order chi connectivity index (χ0) is 14.4. The second-order valence-corrected chi connectivity index (χ2v) is 4.95. The summed E-state index contributed by atoms with van der Waals surface area (Å²) in [5.74, 6) is 0. The Balaban J connectivity index is 2.25. The molecular formula is C19H21N. The van der Waals surface area contributed by atoms with Gasteiger partial charge >= 0.3 is 0 Å². The monoisotopic (exact) mass is 263 g/mol. The van der Waals surface area contributed by atoms with Gasteiger partial charge in [0.15, 0.2) is 0 Å². The molecule has 2 aromatic carbocycles. The molecule has 102 valence electrons. The van der Waals surface area contributed by atoms with Gasteiger partial charge in [-0.05, 0) is 47.7 Å². The molecule has 0 aliphatic rings. The standard InChI is InChI=1S/C19H21N/c1-15-6-3-7-16(2)19(15)12-11-18-9-4-8-17(14-18)10-5-13-20/h3-12,14H,13,20H2,1-2H3/b10-5+,12-11?. The first kappa shape index (κ1) is 14.3. The highest BCUT2D eigenvalue weighted by Crippen LogP contribution is 2.17. The van der Waals surface area contributed by atoms with Crippen molar-refractivity contribution in [2.75, 3.05) is 6.54 Å². The van der Waals surface area contributed by atoms with Gasteiger partial charge in [-0.1, -0.05) is 60.7 Å². The third kappa shape index (κ3) is 3.69. The van der Waals surface area contributed by atoms with E-state index >= 15 is 0 Å². The number of rotatable bonds is 4. The lowest BCUT2D eigenvalue weighted by molar-refractivity contribution is 1.26. The summed E-state index contributed by atoms with van der Waals surface area (Å²) in [6.45, 7) is 4.86. The Labute approximate surface area is 121 Å². The first-order valence-electron chi connectivity index (χ1n) is 6.91. The molecule has 0 fully saturated rings. The Morgan fingerprint density at radius 3 is 2.10 bits per heavy atom. The molecule has 2 aromatic rings. The average Bonchev–Trinajstić information content (AvgIpc) is 2.45. The summed E-state index contributed by atoms with van der Waals surface area (Å²) in [5, 5.41) is 0. The summed E-state index contributed by atoms with van der Waals surface area (Å²) in [5.41, 5.74) is 11.8. The van der Waals surface area contributed by atoms with Gasteiger partial charge in [0.05, 0.1) is 0 Å². The first-order valence-corrected chi connectivity index (χ1v) is 6.91. The van der Waals surface area contributed by atoms with E-state index in [9.17, 15) is 0 Å². The van der Waals surface area contributed by atoms with Crippen molar-refractivity contribution < 1.29 is 0 Å². The number of benzene rings is 2. The lowest BCUT2D eigenvalue weighted by Crippen LogP contribution is -1.91. The van der Waals surface area contributed by atoms with Crippen LogP contribution in [0, 0.1) is 13.8 Å². The predicted octanol–water partition coefficient (Wildman–Crippen LogP) is 4.45. The van der Waals surface area contributed by atoms with E-state index in [1.807, 2.05) is 6.08 Å². The molecule has 0 spiro atoms. The third-order valence-corrected chi connectivity index (χ3v) is 3.34. The van der Waals surface area contributed by atoms with Crippen molar-refractivity contribution in [1.29, 1.82) is 0 Å². The van der Waals surface area contributed by atoms with E-state index < -0.39 is 0 Å². The summed E-state index contributed by atoms with van der Waals surface area (Å²) >= 11 is 0. The second kappa shape index (κ2) is 6.88. The lowest BCUT2D eigenvalue weighted by atomic mass is 10.0. The minimum absolute atomic E-state index is 0.572. The number of hydrogen-bond donors (Lipinski definition) is 1. The smallest absolute Gasteiger partial charge is 0.0110 e. The quantitative estimate of drug-likeness (QED) is 0.810. The van der Waals surface area contributed by atoms with Crippen molar-refractivity contribution in [1.82, 2.24) is 0 Å². The Kier molecular flexibility index (Phi) is 4.91. The zero-order valence-corrected chi connectivity index (χ0v) is 12.1. The minimum atomic E-state index is 0.572. The van der Waals surface area contributed by atoms with Crippen molar-refractivity contribution >= 4 is 18.2 Å². The Hall–Kier alpha value is -2.12. The maximum Gasteiger partial charge on any atom is 0.0110 e. The molecule has 0 saturated carbocycles. The lowest BCUT2D eigenvalue weighted by Gasteiger charge is -2.04. The molecule has 0 amide bonds. The van der Waals surface area contributed by atoms with Gasteiger partial charge in [0, 0.05) is 6.54 Å². The van der Waals surface area contributed by atoms with Gasteiger partial charge in [-0.25, -0.2) is 0 Å². The molecule has 20 heavy (non-hydrogen) atoms. The SMILES string of the molecule is Cc1cccc(C)c1C=Cc1cccc(/C=C/CN)c1. The first-order chi connectivity index (χ1) is 9.70. The van der Waals surface area contributed by atoms with E-state index in [0.29, 0.717) is 6.54 Å². The Morgan fingerprint density at radius 2 is 1.45 bits per heavy atom. The predicted molar refractivity (Wildman–Crippen MR) is 89.4 cm³/mol. The van der Waals surface area contributed by atoms with Crippen molar-refractivity contribution in [3.8, 4) is 0 Å². The summed E-state index contributed by atoms with van der Waals surface area (Å²) in [6.07, 6.45) is 8.37. The van der Waals surface area contributed by atoms with Gasteiger partial charge in [-0.3, -0.25) is 0 Å². The van der Waals surface area contributed by atoms with E-state index in [-0.39, 0.29) is 0 Å². The molecule has 0 unspecified atom stereocenters. The Morgan fingerprint density at radius 1 is 0.850 bits per heavy atom. The van der Waals surface area contributed by atoms with Gasteiger partial charge in [0.2, 0.25) is 0 Å². The van der Waals surface area contributed by atoms with Crippen LogP contribution in [0.1, 0.15) is 27.8 Å². The van der Waals surface area contributed by atoms with E-state index in [4.69, 9.17) is 5.73 Å². The molecule has 0 bridgehead atoms. The van der Waals surface area contributed by atoms with Crippen LogP contribution in [-0.4, -0.2) is 6.54 Å². The van der Waals surface area contributed by atoms with Crippen LogP contribution >= 0.6 is 0 Å². The molecule has 0 aromatic heterocycles. The molecule has 0 heterocycles. The van der Waals surface area contributed by atoms with E-state index in [1.54, 1.807) is 0 Å². The van der Waals surface area contributed by atoms with E-state index in [1.165, 1.54) is 27.8 Å². The highest BCUT2D eigenvalue weighted by atomic mass is 14.5. The van der Waals surface area contributed by atoms with Crippen LogP contribution in [-0.2, 0) is 0 Å². The summed E-state index contributed by atoms with van der Waals surface area (Å²) in [7, 11) is 0. The fourth-order valence-corrected chi connectivity index (χ4v) is 2.24. The highest BCUT2D eigenvalue weighted by molar-refractivity contribution is 5.73. The largest absolute Gasteiger partial charge is 0.327 e. The molecule has 0 saturated heterocycles. The molecule has 0 aliphatic carbocycles. The van der Waals surface area contributed by atoms with Gasteiger partial charge in [0.1, 0.15) is 0 Å². The molecule has 0 radical (unpaired) electrons. The van der Waals surface area contributed by atoms with Gasteiger partial charge in [-0.15, -0.1) is 0 Å². The second-order valence-electron chi connectivity index (χ2n) is 4.95. The summed E-state index contributed by atoms with van der Waals surface area (Å²) in [6, 6.07) is 14.8. The summed E-state index contributed by atoms with van der Waals surface area (Å²) in [4.78, 5) is 0. The van der Waals surface area contributed by atoms with Crippen molar-refractivity contribution in [2.24, 2.45) is 5.73 Å². The fraction of sp³-hybridized carbons (Fsp3) is 0.158. The molecule has 2 rings (SSSR count). The number of aryl methyl sites for hydroxylation is 2. The molecule has 1 heteroatoms. The van der Waals surface area contributed by atoms with Gasteiger partial charge < -0.3 is 5.73 Å². The average molecular weight is 263 g/mol.